The molecule has 2 fully saturated rings. The zero-order chi connectivity index (χ0) is 14.0. The molecule has 0 aromatic heterocycles. The second kappa shape index (κ2) is 5.79. The van der Waals surface area contributed by atoms with Crippen molar-refractivity contribution in [1.29, 1.82) is 0 Å². The third-order valence-corrected chi connectivity index (χ3v) is 6.18. The molecule has 1 aliphatic heterocycles. The van der Waals surface area contributed by atoms with Crippen LogP contribution < -0.4 is 5.32 Å². The second-order valence-electron chi connectivity index (χ2n) is 5.82. The smallest absolute Gasteiger partial charge is 0.224 e. The normalized spacial score (nSPS) is 32.0. The fourth-order valence-electron chi connectivity index (χ4n) is 2.65. The van der Waals surface area contributed by atoms with Crippen molar-refractivity contribution in [2.75, 3.05) is 25.4 Å². The van der Waals surface area contributed by atoms with Crippen LogP contribution in [0.2, 0.25) is 0 Å². The number of amides is 1. The molecule has 1 heterocycles. The quantitative estimate of drug-likeness (QED) is 0.814. The van der Waals surface area contributed by atoms with E-state index in [2.05, 4.69) is 12.2 Å². The predicted octanol–water partition coefficient (Wildman–Crippen LogP) is 0.820. The van der Waals surface area contributed by atoms with E-state index in [1.165, 1.54) is 10.7 Å². The van der Waals surface area contributed by atoms with E-state index >= 15 is 0 Å². The van der Waals surface area contributed by atoms with Crippen LogP contribution in [0, 0.1) is 17.8 Å². The Hall–Kier alpha value is -0.620. The molecule has 110 valence electrons. The summed E-state index contributed by atoms with van der Waals surface area (Å²) in [6.07, 6.45) is 2.76. The fourth-order valence-corrected chi connectivity index (χ4v) is 3.83. The Morgan fingerprint density at radius 3 is 2.68 bits per heavy atom. The largest absolute Gasteiger partial charge is 0.356 e. The number of nitrogens with zero attached hydrogens (tertiary/aromatic N) is 1. The summed E-state index contributed by atoms with van der Waals surface area (Å²) >= 11 is 0. The Morgan fingerprint density at radius 2 is 2.11 bits per heavy atom. The number of sulfonamides is 1. The van der Waals surface area contributed by atoms with E-state index < -0.39 is 10.0 Å². The minimum absolute atomic E-state index is 0.0232. The van der Waals surface area contributed by atoms with Gasteiger partial charge in [0, 0.05) is 19.6 Å². The number of nitrogens with one attached hydrogen (secondary N) is 1. The van der Waals surface area contributed by atoms with Gasteiger partial charge in [-0.05, 0) is 38.0 Å². The van der Waals surface area contributed by atoms with Gasteiger partial charge in [-0.1, -0.05) is 6.92 Å². The average Bonchev–Trinajstić information content (AvgIpc) is 3.12. The molecule has 0 bridgehead atoms. The van der Waals surface area contributed by atoms with Crippen LogP contribution in [0.5, 0.6) is 0 Å². The minimum atomic E-state index is -3.16. The first-order valence-corrected chi connectivity index (χ1v) is 8.80. The third kappa shape index (κ3) is 3.69. The molecule has 0 radical (unpaired) electrons. The molecule has 0 aromatic rings. The van der Waals surface area contributed by atoms with Crippen molar-refractivity contribution in [2.24, 2.45) is 17.8 Å². The van der Waals surface area contributed by atoms with Crippen LogP contribution in [0.25, 0.3) is 0 Å². The van der Waals surface area contributed by atoms with E-state index in [0.717, 1.165) is 25.3 Å². The van der Waals surface area contributed by atoms with Gasteiger partial charge < -0.3 is 5.32 Å². The Morgan fingerprint density at radius 1 is 1.42 bits per heavy atom. The number of piperidine rings is 1. The molecule has 1 saturated heterocycles. The highest BCUT2D eigenvalue weighted by Crippen LogP contribution is 2.36. The van der Waals surface area contributed by atoms with Crippen LogP contribution in [0.3, 0.4) is 0 Å². The Balaban J connectivity index is 1.84. The maximum Gasteiger partial charge on any atom is 0.224 e. The maximum absolute atomic E-state index is 12.1. The van der Waals surface area contributed by atoms with Gasteiger partial charge in [0.25, 0.3) is 0 Å². The van der Waals surface area contributed by atoms with Crippen molar-refractivity contribution in [3.8, 4) is 0 Å². The lowest BCUT2D eigenvalue weighted by atomic mass is 9.99. The zero-order valence-corrected chi connectivity index (χ0v) is 12.6. The summed E-state index contributed by atoms with van der Waals surface area (Å²) in [5, 5.41) is 2.97. The van der Waals surface area contributed by atoms with Gasteiger partial charge in [0.1, 0.15) is 0 Å². The van der Waals surface area contributed by atoms with Gasteiger partial charge in [-0.15, -0.1) is 0 Å². The highest BCUT2D eigenvalue weighted by molar-refractivity contribution is 7.89. The molecule has 5 nitrogen and oxygen atoms in total. The van der Waals surface area contributed by atoms with E-state index in [1.54, 1.807) is 6.92 Å². The monoisotopic (exact) mass is 288 g/mol. The van der Waals surface area contributed by atoms with Crippen molar-refractivity contribution in [3.63, 3.8) is 0 Å². The molecule has 0 spiro atoms. The van der Waals surface area contributed by atoms with Crippen LogP contribution in [0.4, 0.5) is 0 Å². The van der Waals surface area contributed by atoms with Gasteiger partial charge in [0.2, 0.25) is 15.9 Å². The molecule has 0 aromatic carbocycles. The van der Waals surface area contributed by atoms with Crippen molar-refractivity contribution in [2.45, 2.75) is 33.1 Å². The van der Waals surface area contributed by atoms with Gasteiger partial charge >= 0.3 is 0 Å². The van der Waals surface area contributed by atoms with E-state index in [0.29, 0.717) is 19.0 Å². The number of carbonyl (C=O) groups is 1. The van der Waals surface area contributed by atoms with Gasteiger partial charge in [0.15, 0.2) is 0 Å². The summed E-state index contributed by atoms with van der Waals surface area (Å²) in [5.41, 5.74) is 0. The topological polar surface area (TPSA) is 66.5 Å². The summed E-state index contributed by atoms with van der Waals surface area (Å²) in [6.45, 7) is 5.49. The fraction of sp³-hybridized carbons (Fsp3) is 0.923. The zero-order valence-electron chi connectivity index (χ0n) is 11.8. The SMILES string of the molecule is CCS(=O)(=O)N1CCCC(C(=O)NCC2CC2C)C1. The lowest BCUT2D eigenvalue weighted by Gasteiger charge is -2.30. The third-order valence-electron chi connectivity index (χ3n) is 4.33. The molecule has 1 aliphatic carbocycles. The summed E-state index contributed by atoms with van der Waals surface area (Å²) in [6, 6.07) is 0. The summed E-state index contributed by atoms with van der Waals surface area (Å²) < 4.78 is 25.1. The van der Waals surface area contributed by atoms with E-state index in [4.69, 9.17) is 0 Å². The Labute approximate surface area is 115 Å². The van der Waals surface area contributed by atoms with Gasteiger partial charge in [-0.3, -0.25) is 4.79 Å². The molecule has 1 N–H and O–H groups in total. The Bertz CT molecular complexity index is 435. The lowest BCUT2D eigenvalue weighted by molar-refractivity contribution is -0.126. The first-order chi connectivity index (χ1) is 8.94. The van der Waals surface area contributed by atoms with Gasteiger partial charge in [-0.25, -0.2) is 12.7 Å². The van der Waals surface area contributed by atoms with Crippen LogP contribution in [-0.2, 0) is 14.8 Å². The minimum Gasteiger partial charge on any atom is -0.356 e. The maximum atomic E-state index is 12.1. The van der Waals surface area contributed by atoms with Gasteiger partial charge in [0.05, 0.1) is 11.7 Å². The average molecular weight is 288 g/mol. The summed E-state index contributed by atoms with van der Waals surface area (Å²) in [7, 11) is -3.16. The van der Waals surface area contributed by atoms with Crippen LogP contribution in [0.15, 0.2) is 0 Å². The Kier molecular flexibility index (Phi) is 4.50. The van der Waals surface area contributed by atoms with Crippen molar-refractivity contribution >= 4 is 15.9 Å². The summed E-state index contributed by atoms with van der Waals surface area (Å²) in [4.78, 5) is 12.1. The van der Waals surface area contributed by atoms with Crippen LogP contribution in [0.1, 0.15) is 33.1 Å². The summed E-state index contributed by atoms with van der Waals surface area (Å²) in [5.74, 6) is 1.31. The number of rotatable bonds is 5. The number of carbonyl (C=O) groups excluding carboxylic acids is 1. The molecule has 1 saturated carbocycles. The molecule has 3 unspecified atom stereocenters. The van der Waals surface area contributed by atoms with Crippen molar-refractivity contribution in [3.05, 3.63) is 0 Å². The molecular weight excluding hydrogens is 264 g/mol. The first-order valence-electron chi connectivity index (χ1n) is 7.19. The van der Waals surface area contributed by atoms with Crippen molar-refractivity contribution in [1.82, 2.24) is 9.62 Å². The molecule has 6 heteroatoms. The molecule has 1 amide bonds. The van der Waals surface area contributed by atoms with Gasteiger partial charge in [-0.2, -0.15) is 0 Å². The number of hydrogen-bond donors (Lipinski definition) is 1. The molecule has 3 atom stereocenters. The van der Waals surface area contributed by atoms with E-state index in [-0.39, 0.29) is 17.6 Å². The predicted molar refractivity (Wildman–Crippen MR) is 74.0 cm³/mol. The highest BCUT2D eigenvalue weighted by atomic mass is 32.2. The van der Waals surface area contributed by atoms with E-state index in [9.17, 15) is 13.2 Å². The second-order valence-corrected chi connectivity index (χ2v) is 8.07. The van der Waals surface area contributed by atoms with Crippen molar-refractivity contribution < 1.29 is 13.2 Å². The van der Waals surface area contributed by atoms with Crippen LogP contribution >= 0.6 is 0 Å². The van der Waals surface area contributed by atoms with Crippen LogP contribution in [-0.4, -0.2) is 44.0 Å². The molecular formula is C13H24N2O3S. The standard InChI is InChI=1S/C13H24N2O3S/c1-3-19(17,18)15-6-4-5-11(9-15)13(16)14-8-12-7-10(12)2/h10-12H,3-9H2,1-2H3,(H,14,16). The first kappa shape index (κ1) is 14.8. The van der Waals surface area contributed by atoms with E-state index in [1.807, 2.05) is 0 Å². The molecule has 19 heavy (non-hydrogen) atoms. The lowest BCUT2D eigenvalue weighted by Crippen LogP contribution is -2.46. The highest BCUT2D eigenvalue weighted by Gasteiger charge is 2.35. The molecule has 2 aliphatic rings. The number of hydrogen-bond acceptors (Lipinski definition) is 3. The molecule has 2 rings (SSSR count).